The molecule has 0 N–H and O–H groups in total. The highest BCUT2D eigenvalue weighted by Gasteiger charge is 2.19. The lowest BCUT2D eigenvalue weighted by Crippen LogP contribution is -2.19. The summed E-state index contributed by atoms with van der Waals surface area (Å²) in [5.41, 5.74) is 3.92. The third-order valence-electron chi connectivity index (χ3n) is 2.82. The van der Waals surface area contributed by atoms with E-state index in [0.29, 0.717) is 11.3 Å². The number of carbonyl (C=O) groups is 1. The second-order valence-corrected chi connectivity index (χ2v) is 4.74. The summed E-state index contributed by atoms with van der Waals surface area (Å²) < 4.78 is 0. The van der Waals surface area contributed by atoms with Crippen LogP contribution in [0.2, 0.25) is 0 Å². The quantitative estimate of drug-likeness (QED) is 0.354. The summed E-state index contributed by atoms with van der Waals surface area (Å²) in [6.45, 7) is 7.69. The average Bonchev–Trinajstić information content (AvgIpc) is 2.43. The molecule has 0 aromatic heterocycles. The molecule has 0 saturated carbocycles. The predicted molar refractivity (Wildman–Crippen MR) is 77.1 cm³/mol. The summed E-state index contributed by atoms with van der Waals surface area (Å²) in [4.78, 5) is 16.7. The number of allylic oxidation sites excluding steroid dienone is 1. The van der Waals surface area contributed by atoms with Crippen molar-refractivity contribution in [1.82, 2.24) is 0 Å². The molecule has 0 amide bonds. The number of rotatable bonds is 4. The van der Waals surface area contributed by atoms with E-state index in [4.69, 9.17) is 4.84 Å². The Morgan fingerprint density at radius 2 is 1.95 bits per heavy atom. The minimum absolute atomic E-state index is 0.302. The van der Waals surface area contributed by atoms with Gasteiger partial charge in [0.15, 0.2) is 0 Å². The Hall–Kier alpha value is -2.12. The van der Waals surface area contributed by atoms with E-state index in [-0.39, 0.29) is 5.41 Å². The van der Waals surface area contributed by atoms with Crippen LogP contribution in [0, 0.1) is 5.41 Å². The molecule has 0 atom stereocenters. The van der Waals surface area contributed by atoms with Crippen molar-refractivity contribution < 1.29 is 9.63 Å². The smallest absolute Gasteiger partial charge is 0.313 e. The normalized spacial score (nSPS) is 11.5. The third kappa shape index (κ3) is 4.57. The molecule has 0 aliphatic rings. The van der Waals surface area contributed by atoms with Gasteiger partial charge in [0.25, 0.3) is 0 Å². The second kappa shape index (κ2) is 6.72. The van der Waals surface area contributed by atoms with Gasteiger partial charge in [0.2, 0.25) is 0 Å². The molecule has 0 fully saturated rings. The van der Waals surface area contributed by atoms with Crippen LogP contribution in [0.4, 0.5) is 0 Å². The number of carbonyl (C=O) groups excluding carboxylic acids is 1. The lowest BCUT2D eigenvalue weighted by molar-refractivity contribution is 0.0513. The fourth-order valence-electron chi connectivity index (χ4n) is 1.25. The van der Waals surface area contributed by atoms with Gasteiger partial charge < -0.3 is 4.84 Å². The number of hydrogen-bond donors (Lipinski definition) is 0. The zero-order valence-corrected chi connectivity index (χ0v) is 11.8. The Balaban J connectivity index is 2.76. The van der Waals surface area contributed by atoms with Crippen molar-refractivity contribution in [3.8, 4) is 0 Å². The second-order valence-electron chi connectivity index (χ2n) is 4.74. The van der Waals surface area contributed by atoms with E-state index in [0.717, 1.165) is 0 Å². The molecule has 0 heterocycles. The minimum atomic E-state index is -0.453. The summed E-state index contributed by atoms with van der Waals surface area (Å²) >= 11 is 0. The molecule has 3 nitrogen and oxygen atoms in total. The SMILES string of the molecule is CC=C=CC(C)(C)/C(C)=N/OC(=O)c1ccccc1. The van der Waals surface area contributed by atoms with Crippen LogP contribution in [0.5, 0.6) is 0 Å². The Labute approximate surface area is 114 Å². The van der Waals surface area contributed by atoms with Crippen LogP contribution in [0.3, 0.4) is 0 Å². The van der Waals surface area contributed by atoms with Crippen LogP contribution >= 0.6 is 0 Å². The van der Waals surface area contributed by atoms with Crippen molar-refractivity contribution in [3.63, 3.8) is 0 Å². The maximum Gasteiger partial charge on any atom is 0.365 e. The predicted octanol–water partition coefficient (Wildman–Crippen LogP) is 3.98. The molecule has 19 heavy (non-hydrogen) atoms. The zero-order valence-electron chi connectivity index (χ0n) is 11.8. The highest BCUT2D eigenvalue weighted by Crippen LogP contribution is 2.19. The third-order valence-corrected chi connectivity index (χ3v) is 2.82. The molecule has 0 spiro atoms. The van der Waals surface area contributed by atoms with Gasteiger partial charge in [-0.3, -0.25) is 0 Å². The van der Waals surface area contributed by atoms with E-state index in [1.165, 1.54) is 0 Å². The maximum atomic E-state index is 11.7. The van der Waals surface area contributed by atoms with Crippen molar-refractivity contribution >= 4 is 11.7 Å². The monoisotopic (exact) mass is 257 g/mol. The first-order valence-corrected chi connectivity index (χ1v) is 6.17. The van der Waals surface area contributed by atoms with Gasteiger partial charge in [-0.1, -0.05) is 37.2 Å². The fraction of sp³-hybridized carbons (Fsp3) is 0.312. The lowest BCUT2D eigenvalue weighted by Gasteiger charge is -2.17. The Morgan fingerprint density at radius 3 is 2.53 bits per heavy atom. The molecule has 0 unspecified atom stereocenters. The van der Waals surface area contributed by atoms with Crippen molar-refractivity contribution in [1.29, 1.82) is 0 Å². The van der Waals surface area contributed by atoms with Crippen LogP contribution in [-0.2, 0) is 4.84 Å². The molecular formula is C16H19NO2. The van der Waals surface area contributed by atoms with Crippen molar-refractivity contribution in [2.45, 2.75) is 27.7 Å². The van der Waals surface area contributed by atoms with Crippen LogP contribution in [0.25, 0.3) is 0 Å². The average molecular weight is 257 g/mol. The summed E-state index contributed by atoms with van der Waals surface area (Å²) in [5.74, 6) is -0.453. The Morgan fingerprint density at radius 1 is 1.32 bits per heavy atom. The van der Waals surface area contributed by atoms with Gasteiger partial charge in [-0.15, -0.1) is 5.73 Å². The molecule has 1 rings (SSSR count). The van der Waals surface area contributed by atoms with Gasteiger partial charge in [0, 0.05) is 5.41 Å². The topological polar surface area (TPSA) is 38.7 Å². The fourth-order valence-corrected chi connectivity index (χ4v) is 1.25. The van der Waals surface area contributed by atoms with Crippen molar-refractivity contribution in [2.24, 2.45) is 10.6 Å². The number of oxime groups is 1. The van der Waals surface area contributed by atoms with Crippen molar-refractivity contribution in [2.75, 3.05) is 0 Å². The summed E-state index contributed by atoms with van der Waals surface area (Å²) in [6.07, 6.45) is 3.72. The van der Waals surface area contributed by atoms with Gasteiger partial charge in [-0.2, -0.15) is 0 Å². The molecule has 1 aromatic carbocycles. The largest absolute Gasteiger partial charge is 0.365 e. The van der Waals surface area contributed by atoms with Gasteiger partial charge in [0.1, 0.15) is 0 Å². The Kier molecular flexibility index (Phi) is 5.28. The zero-order chi connectivity index (χ0) is 14.3. The minimum Gasteiger partial charge on any atom is -0.313 e. The van der Waals surface area contributed by atoms with Gasteiger partial charge in [-0.25, -0.2) is 4.79 Å². The molecule has 0 radical (unpaired) electrons. The van der Waals surface area contributed by atoms with Gasteiger partial charge in [-0.05, 0) is 38.1 Å². The Bertz CT molecular complexity index is 521. The lowest BCUT2D eigenvalue weighted by atomic mass is 9.88. The summed E-state index contributed by atoms with van der Waals surface area (Å²) in [5, 5.41) is 3.91. The van der Waals surface area contributed by atoms with Crippen LogP contribution in [0.1, 0.15) is 38.1 Å². The first-order chi connectivity index (χ1) is 8.97. The summed E-state index contributed by atoms with van der Waals surface area (Å²) in [7, 11) is 0. The van der Waals surface area contributed by atoms with E-state index in [9.17, 15) is 4.79 Å². The van der Waals surface area contributed by atoms with Crippen LogP contribution < -0.4 is 0 Å². The van der Waals surface area contributed by atoms with Gasteiger partial charge >= 0.3 is 5.97 Å². The van der Waals surface area contributed by atoms with E-state index in [1.54, 1.807) is 24.3 Å². The molecule has 3 heteroatoms. The first kappa shape index (κ1) is 14.9. The standard InChI is InChI=1S/C16H19NO2/c1-5-6-12-16(3,4)13(2)17-19-15(18)14-10-8-7-9-11-14/h5,7-12H,1-4H3/b17-13+. The van der Waals surface area contributed by atoms with E-state index in [1.807, 2.05) is 45.9 Å². The summed E-state index contributed by atoms with van der Waals surface area (Å²) in [6, 6.07) is 8.80. The molecule has 0 aliphatic carbocycles. The van der Waals surface area contributed by atoms with Crippen molar-refractivity contribution in [3.05, 3.63) is 53.8 Å². The molecule has 100 valence electrons. The molecule has 0 bridgehead atoms. The number of hydrogen-bond acceptors (Lipinski definition) is 3. The van der Waals surface area contributed by atoms with E-state index in [2.05, 4.69) is 10.9 Å². The molecule has 0 aliphatic heterocycles. The molecule has 0 saturated heterocycles. The molecule has 1 aromatic rings. The van der Waals surface area contributed by atoms with Gasteiger partial charge in [0.05, 0.1) is 11.3 Å². The maximum absolute atomic E-state index is 11.7. The van der Waals surface area contributed by atoms with E-state index >= 15 is 0 Å². The highest BCUT2D eigenvalue weighted by molar-refractivity contribution is 5.92. The highest BCUT2D eigenvalue weighted by atomic mass is 16.7. The first-order valence-electron chi connectivity index (χ1n) is 6.17. The number of benzene rings is 1. The van der Waals surface area contributed by atoms with E-state index < -0.39 is 5.97 Å². The van der Waals surface area contributed by atoms with Crippen LogP contribution in [0.15, 0.2) is 53.4 Å². The molecular weight excluding hydrogens is 238 g/mol. The van der Waals surface area contributed by atoms with Crippen LogP contribution in [-0.4, -0.2) is 11.7 Å². The number of nitrogens with zero attached hydrogens (tertiary/aromatic N) is 1.